The summed E-state index contributed by atoms with van der Waals surface area (Å²) in [4.78, 5) is 19.7. The summed E-state index contributed by atoms with van der Waals surface area (Å²) < 4.78 is 47.3. The fraction of sp³-hybridized carbons (Fsp3) is 0.333. The van der Waals surface area contributed by atoms with E-state index in [-0.39, 0.29) is 17.6 Å². The average Bonchev–Trinajstić information content (AvgIpc) is 3.50. The van der Waals surface area contributed by atoms with Crippen LogP contribution in [0.1, 0.15) is 35.2 Å². The van der Waals surface area contributed by atoms with E-state index in [0.29, 0.717) is 41.2 Å². The molecular formula is C27H27F3N4O2. The molecular weight excluding hydrogens is 469 g/mol. The van der Waals surface area contributed by atoms with Crippen molar-refractivity contribution in [1.82, 2.24) is 15.6 Å². The van der Waals surface area contributed by atoms with E-state index in [1.807, 2.05) is 0 Å². The second-order valence-electron chi connectivity index (χ2n) is 9.41. The van der Waals surface area contributed by atoms with Crippen LogP contribution < -0.4 is 20.3 Å². The van der Waals surface area contributed by atoms with Gasteiger partial charge >= 0.3 is 0 Å². The number of aromatic nitrogens is 1. The number of amides is 1. The van der Waals surface area contributed by atoms with E-state index in [4.69, 9.17) is 4.74 Å². The van der Waals surface area contributed by atoms with Gasteiger partial charge in [-0.3, -0.25) is 9.78 Å². The van der Waals surface area contributed by atoms with Gasteiger partial charge in [0, 0.05) is 55.3 Å². The van der Waals surface area contributed by atoms with Crippen LogP contribution in [0.3, 0.4) is 0 Å². The second-order valence-corrected chi connectivity index (χ2v) is 9.41. The highest BCUT2D eigenvalue weighted by Crippen LogP contribution is 2.40. The number of rotatable bonds is 6. The Morgan fingerprint density at radius 2 is 1.86 bits per heavy atom. The van der Waals surface area contributed by atoms with Crippen molar-refractivity contribution in [3.63, 3.8) is 0 Å². The van der Waals surface area contributed by atoms with Gasteiger partial charge in [-0.1, -0.05) is 0 Å². The normalized spacial score (nSPS) is 19.2. The first kappa shape index (κ1) is 24.1. The van der Waals surface area contributed by atoms with Gasteiger partial charge in [0.25, 0.3) is 5.91 Å². The number of nitrogens with one attached hydrogen (secondary N) is 2. The van der Waals surface area contributed by atoms with Crippen molar-refractivity contribution in [2.45, 2.75) is 31.3 Å². The zero-order valence-electron chi connectivity index (χ0n) is 19.9. The van der Waals surface area contributed by atoms with Crippen LogP contribution in [0, 0.1) is 17.5 Å². The minimum atomic E-state index is -0.707. The van der Waals surface area contributed by atoms with Crippen molar-refractivity contribution in [3.8, 4) is 16.9 Å². The minimum absolute atomic E-state index is 0.0421. The molecule has 2 saturated heterocycles. The van der Waals surface area contributed by atoms with Crippen LogP contribution in [0.5, 0.6) is 5.75 Å². The molecule has 2 fully saturated rings. The third-order valence-electron chi connectivity index (χ3n) is 6.96. The molecule has 188 valence electrons. The molecule has 5 rings (SSSR count). The molecule has 1 unspecified atom stereocenters. The molecule has 1 spiro atoms. The summed E-state index contributed by atoms with van der Waals surface area (Å²) in [5.41, 5.74) is 2.14. The first-order chi connectivity index (χ1) is 17.4. The van der Waals surface area contributed by atoms with E-state index in [1.54, 1.807) is 6.07 Å². The lowest BCUT2D eigenvalue weighted by molar-refractivity contribution is 0.0951. The van der Waals surface area contributed by atoms with E-state index in [0.717, 1.165) is 31.9 Å². The minimum Gasteiger partial charge on any atom is -0.497 e. The quantitative estimate of drug-likeness (QED) is 0.529. The van der Waals surface area contributed by atoms with Gasteiger partial charge in [0.05, 0.1) is 18.4 Å². The molecule has 0 bridgehead atoms. The van der Waals surface area contributed by atoms with Gasteiger partial charge in [-0.15, -0.1) is 0 Å². The van der Waals surface area contributed by atoms with Crippen LogP contribution in [0.25, 0.3) is 11.1 Å². The zero-order chi connectivity index (χ0) is 25.3. The van der Waals surface area contributed by atoms with E-state index >= 15 is 0 Å². The molecule has 9 heteroatoms. The van der Waals surface area contributed by atoms with E-state index in [2.05, 4.69) is 20.5 Å². The molecule has 1 atom stereocenters. The summed E-state index contributed by atoms with van der Waals surface area (Å²) in [6.07, 6.45) is 6.00. The molecule has 2 N–H and O–H groups in total. The number of nitrogens with zero attached hydrogens (tertiary/aromatic N) is 2. The van der Waals surface area contributed by atoms with Crippen molar-refractivity contribution >= 4 is 11.6 Å². The lowest BCUT2D eigenvalue weighted by Crippen LogP contribution is -2.42. The van der Waals surface area contributed by atoms with Gasteiger partial charge in [-0.05, 0) is 61.2 Å². The number of carbonyl (C=O) groups is 1. The maximum atomic E-state index is 14.1. The van der Waals surface area contributed by atoms with E-state index < -0.39 is 23.4 Å². The van der Waals surface area contributed by atoms with Crippen LogP contribution in [0.15, 0.2) is 48.8 Å². The summed E-state index contributed by atoms with van der Waals surface area (Å²) >= 11 is 0. The molecule has 2 aliphatic heterocycles. The summed E-state index contributed by atoms with van der Waals surface area (Å²) in [5.74, 6) is -1.95. The van der Waals surface area contributed by atoms with Gasteiger partial charge in [0.15, 0.2) is 0 Å². The summed E-state index contributed by atoms with van der Waals surface area (Å²) in [5, 5.41) is 6.42. The maximum Gasteiger partial charge on any atom is 0.255 e. The van der Waals surface area contributed by atoms with Gasteiger partial charge in [-0.2, -0.15) is 0 Å². The van der Waals surface area contributed by atoms with Crippen LogP contribution in [0.2, 0.25) is 0 Å². The van der Waals surface area contributed by atoms with Crippen LogP contribution in [0.4, 0.5) is 18.9 Å². The van der Waals surface area contributed by atoms with Gasteiger partial charge in [0.1, 0.15) is 23.2 Å². The highest BCUT2D eigenvalue weighted by molar-refractivity contribution is 6.03. The molecule has 3 heterocycles. The standard InChI is InChI=1S/C27H27F3N4O2/c1-36-22-8-17(7-19(28)12-22)13-32-26(35)24-15-31-14-23(18-9-20(29)11-21(30)10-18)25(24)34-6-4-27(16-34)3-2-5-33-27/h7-12,14-15,33H,2-6,13,16H2,1H3,(H,32,35). The molecule has 1 amide bonds. The van der Waals surface area contributed by atoms with Crippen molar-refractivity contribution in [2.75, 3.05) is 31.6 Å². The van der Waals surface area contributed by atoms with Crippen LogP contribution in [-0.2, 0) is 6.54 Å². The first-order valence-corrected chi connectivity index (χ1v) is 11.9. The van der Waals surface area contributed by atoms with Crippen LogP contribution in [-0.4, -0.2) is 43.2 Å². The Labute approximate surface area is 207 Å². The van der Waals surface area contributed by atoms with Crippen molar-refractivity contribution in [3.05, 3.63) is 77.4 Å². The molecule has 2 aliphatic rings. The van der Waals surface area contributed by atoms with E-state index in [9.17, 15) is 18.0 Å². The Morgan fingerprint density at radius 3 is 2.58 bits per heavy atom. The smallest absolute Gasteiger partial charge is 0.255 e. The fourth-order valence-corrected chi connectivity index (χ4v) is 5.28. The van der Waals surface area contributed by atoms with Crippen LogP contribution >= 0.6 is 0 Å². The SMILES string of the molecule is COc1cc(F)cc(CNC(=O)c2cncc(-c3cc(F)cc(F)c3)c2N2CCC3(CCCN3)C2)c1. The highest BCUT2D eigenvalue weighted by Gasteiger charge is 2.41. The molecule has 2 aromatic carbocycles. The molecule has 0 radical (unpaired) electrons. The number of methoxy groups -OCH3 is 1. The predicted octanol–water partition coefficient (Wildman–Crippen LogP) is 4.44. The fourth-order valence-electron chi connectivity index (χ4n) is 5.28. The average molecular weight is 497 g/mol. The van der Waals surface area contributed by atoms with Crippen molar-refractivity contribution < 1.29 is 22.7 Å². The lowest BCUT2D eigenvalue weighted by atomic mass is 9.96. The Kier molecular flexibility index (Phi) is 6.57. The van der Waals surface area contributed by atoms with Crippen molar-refractivity contribution in [1.29, 1.82) is 0 Å². The molecule has 0 aliphatic carbocycles. The Morgan fingerprint density at radius 1 is 1.08 bits per heavy atom. The van der Waals surface area contributed by atoms with E-state index in [1.165, 1.54) is 43.8 Å². The predicted molar refractivity (Wildman–Crippen MR) is 131 cm³/mol. The number of pyridine rings is 1. The summed E-state index contributed by atoms with van der Waals surface area (Å²) in [7, 11) is 1.44. The number of halogens is 3. The molecule has 3 aromatic rings. The number of hydrogen-bond acceptors (Lipinski definition) is 5. The topological polar surface area (TPSA) is 66.5 Å². The van der Waals surface area contributed by atoms with Crippen molar-refractivity contribution in [2.24, 2.45) is 0 Å². The first-order valence-electron chi connectivity index (χ1n) is 11.9. The molecule has 1 aromatic heterocycles. The lowest BCUT2D eigenvalue weighted by Gasteiger charge is -2.28. The van der Waals surface area contributed by atoms with Gasteiger partial charge < -0.3 is 20.3 Å². The second kappa shape index (κ2) is 9.81. The molecule has 0 saturated carbocycles. The third kappa shape index (κ3) is 4.88. The Bertz CT molecular complexity index is 1270. The number of ether oxygens (including phenoxy) is 1. The van der Waals surface area contributed by atoms with Gasteiger partial charge in [-0.25, -0.2) is 13.2 Å². The molecule has 36 heavy (non-hydrogen) atoms. The number of anilines is 1. The monoisotopic (exact) mass is 496 g/mol. The zero-order valence-corrected chi connectivity index (χ0v) is 19.9. The number of carbonyl (C=O) groups excluding carboxylic acids is 1. The largest absolute Gasteiger partial charge is 0.497 e. The molecule has 6 nitrogen and oxygen atoms in total. The number of benzene rings is 2. The summed E-state index contributed by atoms with van der Waals surface area (Å²) in [6, 6.07) is 7.52. The third-order valence-corrected chi connectivity index (χ3v) is 6.96. The highest BCUT2D eigenvalue weighted by atomic mass is 19.1. The Hall–Kier alpha value is -3.59. The number of hydrogen-bond donors (Lipinski definition) is 2. The maximum absolute atomic E-state index is 14.1. The summed E-state index contributed by atoms with van der Waals surface area (Å²) in [6.45, 7) is 2.36. The van der Waals surface area contributed by atoms with Gasteiger partial charge in [0.2, 0.25) is 0 Å². The Balaban J connectivity index is 1.50.